The minimum atomic E-state index is 0.735. The molecule has 6 heteroatoms. The smallest absolute Gasteiger partial charge is 0.166 e. The van der Waals surface area contributed by atoms with E-state index in [-0.39, 0.29) is 0 Å². The second-order valence-electron chi connectivity index (χ2n) is 5.01. The quantitative estimate of drug-likeness (QED) is 0.784. The summed E-state index contributed by atoms with van der Waals surface area (Å²) >= 11 is 1.74. The van der Waals surface area contributed by atoms with Gasteiger partial charge >= 0.3 is 0 Å². The van der Waals surface area contributed by atoms with Crippen molar-refractivity contribution in [3.8, 4) is 11.4 Å². The summed E-state index contributed by atoms with van der Waals surface area (Å²) in [5.41, 5.74) is 0.949. The van der Waals surface area contributed by atoms with Crippen molar-refractivity contribution in [3.63, 3.8) is 0 Å². The first-order chi connectivity index (χ1) is 10.2. The molecule has 3 heterocycles. The maximum atomic E-state index is 4.71. The van der Waals surface area contributed by atoms with Gasteiger partial charge in [-0.05, 0) is 18.9 Å². The number of nitrogens with zero attached hydrogens (tertiary/aromatic N) is 4. The van der Waals surface area contributed by atoms with Gasteiger partial charge in [-0.1, -0.05) is 13.8 Å². The van der Waals surface area contributed by atoms with Gasteiger partial charge in [0.25, 0.3) is 0 Å². The van der Waals surface area contributed by atoms with Gasteiger partial charge in [0.05, 0.1) is 17.1 Å². The fourth-order valence-corrected chi connectivity index (χ4v) is 3.16. The van der Waals surface area contributed by atoms with Crippen LogP contribution in [0.4, 0.5) is 5.82 Å². The first kappa shape index (κ1) is 14.0. The van der Waals surface area contributed by atoms with E-state index >= 15 is 0 Å². The second-order valence-corrected chi connectivity index (χ2v) is 6.13. The van der Waals surface area contributed by atoms with Gasteiger partial charge in [-0.25, -0.2) is 9.97 Å². The normalized spacial score (nSPS) is 11.2. The van der Waals surface area contributed by atoms with Gasteiger partial charge < -0.3 is 5.32 Å². The molecule has 0 aromatic carbocycles. The number of aryl methyl sites for hydroxylation is 2. The van der Waals surface area contributed by atoms with Crippen molar-refractivity contribution in [2.45, 2.75) is 26.7 Å². The average Bonchev–Trinajstić information content (AvgIpc) is 3.10. The zero-order chi connectivity index (χ0) is 14.8. The lowest BCUT2D eigenvalue weighted by atomic mass is 10.2. The Morgan fingerprint density at radius 1 is 1.29 bits per heavy atom. The molecule has 0 amide bonds. The molecule has 0 bridgehead atoms. The van der Waals surface area contributed by atoms with Gasteiger partial charge in [0.2, 0.25) is 0 Å². The van der Waals surface area contributed by atoms with Crippen molar-refractivity contribution < 1.29 is 0 Å². The monoisotopic (exact) mass is 301 g/mol. The van der Waals surface area contributed by atoms with Crippen LogP contribution in [-0.2, 0) is 13.5 Å². The van der Waals surface area contributed by atoms with E-state index in [2.05, 4.69) is 30.3 Å². The van der Waals surface area contributed by atoms with Gasteiger partial charge in [0.15, 0.2) is 5.82 Å². The van der Waals surface area contributed by atoms with Crippen LogP contribution in [0, 0.1) is 0 Å². The summed E-state index contributed by atoms with van der Waals surface area (Å²) in [4.78, 5) is 11.8. The highest BCUT2D eigenvalue weighted by Gasteiger charge is 2.13. The largest absolute Gasteiger partial charge is 0.369 e. The number of fused-ring (bicyclic) bond motifs is 1. The van der Waals surface area contributed by atoms with Crippen LogP contribution in [-0.4, -0.2) is 26.3 Å². The fourth-order valence-electron chi connectivity index (χ4n) is 2.19. The molecule has 110 valence electrons. The topological polar surface area (TPSA) is 55.6 Å². The highest BCUT2D eigenvalue weighted by molar-refractivity contribution is 7.18. The van der Waals surface area contributed by atoms with E-state index in [0.717, 1.165) is 46.8 Å². The van der Waals surface area contributed by atoms with Crippen molar-refractivity contribution in [1.82, 2.24) is 19.7 Å². The van der Waals surface area contributed by atoms with E-state index < -0.39 is 0 Å². The molecule has 3 aromatic rings. The Hall–Kier alpha value is -1.95. The van der Waals surface area contributed by atoms with Crippen LogP contribution in [0.3, 0.4) is 0 Å². The predicted molar refractivity (Wildman–Crippen MR) is 87.8 cm³/mol. The number of thiophene rings is 1. The van der Waals surface area contributed by atoms with Gasteiger partial charge in [-0.15, -0.1) is 11.3 Å². The molecule has 0 radical (unpaired) electrons. The Morgan fingerprint density at radius 3 is 2.81 bits per heavy atom. The van der Waals surface area contributed by atoms with Gasteiger partial charge in [-0.3, -0.25) is 4.68 Å². The van der Waals surface area contributed by atoms with Gasteiger partial charge in [0, 0.05) is 24.7 Å². The van der Waals surface area contributed by atoms with Crippen LogP contribution < -0.4 is 5.32 Å². The van der Waals surface area contributed by atoms with Crippen LogP contribution in [0.15, 0.2) is 18.5 Å². The molecular weight excluding hydrogens is 282 g/mol. The molecule has 0 aliphatic rings. The maximum Gasteiger partial charge on any atom is 0.166 e. The number of hydrogen-bond acceptors (Lipinski definition) is 5. The molecule has 0 aliphatic heterocycles. The number of nitrogens with one attached hydrogen (secondary N) is 1. The highest BCUT2D eigenvalue weighted by atomic mass is 32.1. The Morgan fingerprint density at radius 2 is 2.14 bits per heavy atom. The van der Waals surface area contributed by atoms with Crippen LogP contribution in [0.5, 0.6) is 0 Å². The van der Waals surface area contributed by atoms with Gasteiger partial charge in [0.1, 0.15) is 10.6 Å². The summed E-state index contributed by atoms with van der Waals surface area (Å²) in [6, 6.07) is 2.20. The summed E-state index contributed by atoms with van der Waals surface area (Å²) < 4.78 is 1.77. The van der Waals surface area contributed by atoms with E-state index in [1.54, 1.807) is 22.2 Å². The Kier molecular flexibility index (Phi) is 3.88. The molecule has 5 nitrogen and oxygen atoms in total. The fraction of sp³-hybridized carbons (Fsp3) is 0.400. The first-order valence-electron chi connectivity index (χ1n) is 7.24. The van der Waals surface area contributed by atoms with E-state index in [1.165, 1.54) is 4.88 Å². The third kappa shape index (κ3) is 2.76. The molecule has 21 heavy (non-hydrogen) atoms. The van der Waals surface area contributed by atoms with Crippen molar-refractivity contribution >= 4 is 27.4 Å². The maximum absolute atomic E-state index is 4.71. The van der Waals surface area contributed by atoms with Crippen molar-refractivity contribution in [3.05, 3.63) is 23.3 Å². The lowest BCUT2D eigenvalue weighted by Gasteiger charge is -2.06. The van der Waals surface area contributed by atoms with Crippen LogP contribution in [0.1, 0.15) is 25.1 Å². The highest BCUT2D eigenvalue weighted by Crippen LogP contribution is 2.31. The molecule has 0 saturated heterocycles. The Balaban J connectivity index is 2.13. The summed E-state index contributed by atoms with van der Waals surface area (Å²) in [6.07, 6.45) is 5.84. The van der Waals surface area contributed by atoms with Crippen molar-refractivity contribution in [2.24, 2.45) is 7.05 Å². The predicted octanol–water partition coefficient (Wildman–Crippen LogP) is 3.48. The van der Waals surface area contributed by atoms with E-state index in [9.17, 15) is 0 Å². The third-order valence-corrected chi connectivity index (χ3v) is 4.47. The molecule has 0 fully saturated rings. The van der Waals surface area contributed by atoms with Crippen molar-refractivity contribution in [2.75, 3.05) is 11.9 Å². The number of anilines is 1. The van der Waals surface area contributed by atoms with E-state index in [1.807, 2.05) is 13.2 Å². The third-order valence-electron chi connectivity index (χ3n) is 3.30. The summed E-state index contributed by atoms with van der Waals surface area (Å²) in [5.74, 6) is 1.66. The number of aromatic nitrogens is 4. The van der Waals surface area contributed by atoms with E-state index in [4.69, 9.17) is 9.97 Å². The molecule has 3 aromatic heterocycles. The molecule has 0 unspecified atom stereocenters. The molecule has 0 aliphatic carbocycles. The lowest BCUT2D eigenvalue weighted by Crippen LogP contribution is -2.03. The second kappa shape index (κ2) is 5.81. The van der Waals surface area contributed by atoms with E-state index in [0.29, 0.717) is 0 Å². The number of rotatable bonds is 5. The van der Waals surface area contributed by atoms with Crippen molar-refractivity contribution in [1.29, 1.82) is 0 Å². The average molecular weight is 301 g/mol. The standard InChI is InChI=1S/C15H19N5S/c1-4-6-16-14-12-7-11(5-2)21-15(12)19-13(18-14)10-8-17-20(3)9-10/h7-9H,4-6H2,1-3H3,(H,16,18,19). The van der Waals surface area contributed by atoms with Crippen LogP contribution in [0.2, 0.25) is 0 Å². The minimum absolute atomic E-state index is 0.735. The first-order valence-corrected chi connectivity index (χ1v) is 8.06. The number of hydrogen-bond donors (Lipinski definition) is 1. The zero-order valence-corrected chi connectivity index (χ0v) is 13.4. The molecule has 1 N–H and O–H groups in total. The Bertz CT molecular complexity index is 759. The molecular formula is C15H19N5S. The summed E-state index contributed by atoms with van der Waals surface area (Å²) in [6.45, 7) is 5.23. The van der Waals surface area contributed by atoms with Crippen LogP contribution in [0.25, 0.3) is 21.6 Å². The summed E-state index contributed by atoms with van der Waals surface area (Å²) in [7, 11) is 1.90. The molecule has 0 saturated carbocycles. The lowest BCUT2D eigenvalue weighted by molar-refractivity contribution is 0.768. The molecule has 3 rings (SSSR count). The molecule has 0 spiro atoms. The SMILES string of the molecule is CCCNc1nc(-c2cnn(C)c2)nc2sc(CC)cc12. The summed E-state index contributed by atoms with van der Waals surface area (Å²) in [5, 5.41) is 8.75. The minimum Gasteiger partial charge on any atom is -0.369 e. The van der Waals surface area contributed by atoms with Crippen LogP contribution >= 0.6 is 11.3 Å². The molecule has 0 atom stereocenters. The van der Waals surface area contributed by atoms with Gasteiger partial charge in [-0.2, -0.15) is 5.10 Å². The zero-order valence-electron chi connectivity index (χ0n) is 12.6. The Labute approximate surface area is 128 Å².